The van der Waals surface area contributed by atoms with Crippen molar-refractivity contribution in [1.29, 1.82) is 0 Å². The van der Waals surface area contributed by atoms with Crippen molar-refractivity contribution in [1.82, 2.24) is 19.7 Å². The van der Waals surface area contributed by atoms with E-state index in [2.05, 4.69) is 25.3 Å². The average molecular weight is 531 g/mol. The van der Waals surface area contributed by atoms with Gasteiger partial charge in [0.25, 0.3) is 5.91 Å². The van der Waals surface area contributed by atoms with Crippen LogP contribution in [0.4, 0.5) is 29.1 Å². The van der Waals surface area contributed by atoms with Crippen LogP contribution < -0.4 is 21.1 Å². The Bertz CT molecular complexity index is 1440. The molecule has 0 fully saturated rings. The van der Waals surface area contributed by atoms with Crippen LogP contribution in [-0.4, -0.2) is 40.0 Å². The first-order chi connectivity index (χ1) is 18.3. The smallest absolute Gasteiger partial charge is 0.387 e. The molecule has 0 unspecified atom stereocenters. The van der Waals surface area contributed by atoms with Crippen LogP contribution in [0.1, 0.15) is 35.7 Å². The van der Waals surface area contributed by atoms with Crippen molar-refractivity contribution in [2.45, 2.75) is 32.8 Å². The molecule has 200 valence electrons. The van der Waals surface area contributed by atoms with Crippen molar-refractivity contribution in [2.24, 2.45) is 5.73 Å². The quantitative estimate of drug-likeness (QED) is 0.185. The summed E-state index contributed by atoms with van der Waals surface area (Å²) in [6.07, 6.45) is 6.53. The summed E-state index contributed by atoms with van der Waals surface area (Å²) in [7, 11) is 0. The van der Waals surface area contributed by atoms with E-state index in [9.17, 15) is 22.4 Å². The van der Waals surface area contributed by atoms with Gasteiger partial charge in [-0.2, -0.15) is 13.2 Å². The van der Waals surface area contributed by atoms with Gasteiger partial charge >= 0.3 is 6.61 Å². The molecule has 0 bridgehead atoms. The number of hydrogen-bond donors (Lipinski definition) is 3. The molecule has 0 atom stereocenters. The molecular formula is C26H26F4N6O2. The first kappa shape index (κ1) is 26.9. The van der Waals surface area contributed by atoms with Gasteiger partial charge in [-0.25, -0.2) is 14.4 Å². The van der Waals surface area contributed by atoms with Crippen LogP contribution >= 0.6 is 0 Å². The number of anilines is 2. The van der Waals surface area contributed by atoms with Crippen LogP contribution in [0, 0.1) is 11.6 Å². The molecule has 4 aromatic rings. The number of aryl methyl sites for hydroxylation is 1. The zero-order chi connectivity index (χ0) is 27.2. The second-order valence-electron chi connectivity index (χ2n) is 8.33. The van der Waals surface area contributed by atoms with Gasteiger partial charge in [0.05, 0.1) is 11.9 Å². The van der Waals surface area contributed by atoms with E-state index in [1.54, 1.807) is 12.1 Å². The highest BCUT2D eigenvalue weighted by atomic mass is 19.3. The highest BCUT2D eigenvalue weighted by Crippen LogP contribution is 2.32. The Labute approximate surface area is 215 Å². The summed E-state index contributed by atoms with van der Waals surface area (Å²) in [6, 6.07) is 7.36. The number of ether oxygens (including phenoxy) is 1. The van der Waals surface area contributed by atoms with Crippen molar-refractivity contribution in [3.63, 3.8) is 0 Å². The molecule has 2 aromatic carbocycles. The molecule has 0 saturated carbocycles. The third kappa shape index (κ3) is 5.70. The number of aromatic nitrogens is 3. The van der Waals surface area contributed by atoms with Gasteiger partial charge in [-0.15, -0.1) is 0 Å². The van der Waals surface area contributed by atoms with E-state index >= 15 is 0 Å². The first-order valence-corrected chi connectivity index (χ1v) is 12.0. The predicted octanol–water partition coefficient (Wildman–Crippen LogP) is 5.05. The van der Waals surface area contributed by atoms with Gasteiger partial charge in [0.15, 0.2) is 23.0 Å². The van der Waals surface area contributed by atoms with Gasteiger partial charge < -0.3 is 21.1 Å². The molecule has 2 heterocycles. The van der Waals surface area contributed by atoms with Crippen LogP contribution in [0.5, 0.6) is 5.75 Å². The third-order valence-electron chi connectivity index (χ3n) is 5.88. The predicted molar refractivity (Wildman–Crippen MR) is 135 cm³/mol. The van der Waals surface area contributed by atoms with Crippen molar-refractivity contribution >= 4 is 23.1 Å². The maximum absolute atomic E-state index is 14.7. The summed E-state index contributed by atoms with van der Waals surface area (Å²) in [6.45, 7) is -0.234. The van der Waals surface area contributed by atoms with Crippen molar-refractivity contribution in [2.75, 3.05) is 18.4 Å². The summed E-state index contributed by atoms with van der Waals surface area (Å²) >= 11 is 0. The summed E-state index contributed by atoms with van der Waals surface area (Å²) in [5.41, 5.74) is 7.84. The van der Waals surface area contributed by atoms with E-state index in [1.807, 2.05) is 13.0 Å². The average Bonchev–Trinajstić information content (AvgIpc) is 3.34. The highest BCUT2D eigenvalue weighted by molar-refractivity contribution is 5.96. The number of carbonyl (C=O) groups excluding carboxylic acids is 1. The Balaban J connectivity index is 1.60. The molecule has 0 aliphatic heterocycles. The van der Waals surface area contributed by atoms with Gasteiger partial charge in [0, 0.05) is 35.8 Å². The summed E-state index contributed by atoms with van der Waals surface area (Å²) in [5, 5.41) is 6.06. The fourth-order valence-electron chi connectivity index (χ4n) is 4.01. The second-order valence-corrected chi connectivity index (χ2v) is 8.33. The number of fused-ring (bicyclic) bond motifs is 1. The molecule has 0 spiro atoms. The number of nitrogens with one attached hydrogen (secondary N) is 2. The number of imidazole rings is 1. The maximum atomic E-state index is 14.7. The number of amides is 1. The molecule has 12 heteroatoms. The minimum atomic E-state index is -3.29. The monoisotopic (exact) mass is 530 g/mol. The van der Waals surface area contributed by atoms with Gasteiger partial charge in [0.2, 0.25) is 5.82 Å². The zero-order valence-corrected chi connectivity index (χ0v) is 20.5. The number of nitrogens with two attached hydrogens (primary N) is 1. The lowest BCUT2D eigenvalue weighted by molar-refractivity contribution is -0.0525. The molecule has 8 nitrogen and oxygen atoms in total. The van der Waals surface area contributed by atoms with E-state index in [-0.39, 0.29) is 17.2 Å². The van der Waals surface area contributed by atoms with E-state index in [0.29, 0.717) is 42.2 Å². The van der Waals surface area contributed by atoms with Crippen molar-refractivity contribution in [3.8, 4) is 17.0 Å². The fraction of sp³-hybridized carbons (Fsp3) is 0.269. The van der Waals surface area contributed by atoms with Crippen LogP contribution in [0.25, 0.3) is 16.9 Å². The van der Waals surface area contributed by atoms with Gasteiger partial charge in [-0.05, 0) is 61.7 Å². The summed E-state index contributed by atoms with van der Waals surface area (Å²) in [4.78, 5) is 21.2. The molecule has 0 radical (unpaired) electrons. The molecule has 0 aliphatic carbocycles. The number of alkyl halides is 2. The van der Waals surface area contributed by atoms with Crippen molar-refractivity contribution in [3.05, 3.63) is 71.7 Å². The minimum Gasteiger partial charge on any atom is -0.432 e. The van der Waals surface area contributed by atoms with Crippen LogP contribution in [-0.2, 0) is 6.42 Å². The van der Waals surface area contributed by atoms with Crippen LogP contribution in [0.15, 0.2) is 48.9 Å². The van der Waals surface area contributed by atoms with E-state index in [0.717, 1.165) is 30.5 Å². The van der Waals surface area contributed by atoms with E-state index < -0.39 is 24.0 Å². The highest BCUT2D eigenvalue weighted by Gasteiger charge is 2.21. The normalized spacial score (nSPS) is 11.2. The van der Waals surface area contributed by atoms with E-state index in [1.165, 1.54) is 23.0 Å². The SMILES string of the molecule is CCc1cc(Nc2nccn3c(-c4ccc(OC(F)F)c(F)c4F)cnc23)ccc1C(=O)NCCCCN. The van der Waals surface area contributed by atoms with Gasteiger partial charge in [-0.3, -0.25) is 9.20 Å². The number of unbranched alkanes of at least 4 members (excludes halogenated alkanes) is 1. The largest absolute Gasteiger partial charge is 0.432 e. The second kappa shape index (κ2) is 11.9. The summed E-state index contributed by atoms with van der Waals surface area (Å²) in [5.74, 6) is -3.60. The third-order valence-corrected chi connectivity index (χ3v) is 5.88. The molecule has 2 aromatic heterocycles. The minimum absolute atomic E-state index is 0.164. The summed E-state index contributed by atoms with van der Waals surface area (Å²) < 4.78 is 59.5. The molecule has 0 aliphatic rings. The standard InChI is InChI=1S/C26H26F4N6O2/c1-2-15-13-16(5-6-17(15)25(37)33-10-4-3-9-31)35-23-24-34-14-19(36(24)12-11-32-23)18-7-8-20(38-26(29)30)22(28)21(18)27/h5-8,11-14,26H,2-4,9-10,31H2,1H3,(H,32,35)(H,33,37). The lowest BCUT2D eigenvalue weighted by Crippen LogP contribution is -2.26. The Morgan fingerprint density at radius 2 is 1.95 bits per heavy atom. The van der Waals surface area contributed by atoms with Crippen LogP contribution in [0.3, 0.4) is 0 Å². The zero-order valence-electron chi connectivity index (χ0n) is 20.5. The fourth-order valence-corrected chi connectivity index (χ4v) is 4.01. The molecule has 4 N–H and O–H groups in total. The molecule has 38 heavy (non-hydrogen) atoms. The Hall–Kier alpha value is -4.19. The number of halogens is 4. The molecule has 4 rings (SSSR count). The number of carbonyl (C=O) groups is 1. The lowest BCUT2D eigenvalue weighted by atomic mass is 10.0. The number of rotatable bonds is 11. The Morgan fingerprint density at radius 3 is 2.68 bits per heavy atom. The topological polar surface area (TPSA) is 107 Å². The molecule has 1 amide bonds. The van der Waals surface area contributed by atoms with Gasteiger partial charge in [-0.1, -0.05) is 6.92 Å². The van der Waals surface area contributed by atoms with Crippen LogP contribution in [0.2, 0.25) is 0 Å². The van der Waals surface area contributed by atoms with Gasteiger partial charge in [0.1, 0.15) is 0 Å². The van der Waals surface area contributed by atoms with E-state index in [4.69, 9.17) is 5.73 Å². The lowest BCUT2D eigenvalue weighted by Gasteiger charge is -2.13. The number of benzene rings is 2. The maximum Gasteiger partial charge on any atom is 0.387 e. The molecule has 0 saturated heterocycles. The number of nitrogens with zero attached hydrogens (tertiary/aromatic N) is 3. The van der Waals surface area contributed by atoms with Crippen molar-refractivity contribution < 1.29 is 27.1 Å². The number of hydrogen-bond acceptors (Lipinski definition) is 6. The first-order valence-electron chi connectivity index (χ1n) is 12.0. The Kier molecular flexibility index (Phi) is 8.41. The molecular weight excluding hydrogens is 504 g/mol. The Morgan fingerprint density at radius 1 is 1.13 bits per heavy atom.